The van der Waals surface area contributed by atoms with Crippen LogP contribution >= 0.6 is 0 Å². The van der Waals surface area contributed by atoms with E-state index in [2.05, 4.69) is 30.9 Å². The normalized spacial score (nSPS) is 10.7. The summed E-state index contributed by atoms with van der Waals surface area (Å²) < 4.78 is 5.54. The number of nitrogens with one attached hydrogen (secondary N) is 3. The molecule has 8 nitrogen and oxygen atoms in total. The fraction of sp³-hybridized carbons (Fsp3) is 0.143. The molecule has 0 atom stereocenters. The number of carbonyl (C=O) groups excluding carboxylic acids is 1. The van der Waals surface area contributed by atoms with Gasteiger partial charge in [-0.05, 0) is 30.2 Å². The molecule has 0 bridgehead atoms. The summed E-state index contributed by atoms with van der Waals surface area (Å²) in [5.41, 5.74) is 4.15. The molecule has 0 aliphatic carbocycles. The number of aromatic nitrogens is 3. The van der Waals surface area contributed by atoms with Crippen LogP contribution in [0.15, 0.2) is 65.3 Å². The van der Waals surface area contributed by atoms with Crippen molar-refractivity contribution in [1.82, 2.24) is 20.3 Å². The van der Waals surface area contributed by atoms with Gasteiger partial charge in [-0.25, -0.2) is 14.8 Å². The second-order valence-electron chi connectivity index (χ2n) is 6.32. The van der Waals surface area contributed by atoms with E-state index in [9.17, 15) is 4.79 Å². The lowest BCUT2D eigenvalue weighted by Gasteiger charge is -2.06. The van der Waals surface area contributed by atoms with Crippen LogP contribution in [0.5, 0.6) is 0 Å². The Hall–Kier alpha value is -3.94. The number of fused-ring (bicyclic) bond motifs is 1. The zero-order valence-corrected chi connectivity index (χ0v) is 15.8. The third-order valence-electron chi connectivity index (χ3n) is 4.22. The molecule has 0 aliphatic rings. The molecule has 29 heavy (non-hydrogen) atoms. The average Bonchev–Trinajstić information content (AvgIpc) is 3.15. The molecule has 0 unspecified atom stereocenters. The maximum Gasteiger partial charge on any atom is 0.322 e. The fourth-order valence-corrected chi connectivity index (χ4v) is 2.81. The van der Waals surface area contributed by atoms with E-state index in [0.717, 1.165) is 16.7 Å². The smallest absolute Gasteiger partial charge is 0.322 e. The first-order valence-electron chi connectivity index (χ1n) is 9.27. The van der Waals surface area contributed by atoms with Gasteiger partial charge in [0.25, 0.3) is 0 Å². The van der Waals surface area contributed by atoms with Crippen molar-refractivity contribution >= 4 is 29.1 Å². The Morgan fingerprint density at radius 2 is 1.83 bits per heavy atom. The molecular formula is C21H20N6O2. The summed E-state index contributed by atoms with van der Waals surface area (Å²) in [7, 11) is 0. The van der Waals surface area contributed by atoms with Crippen molar-refractivity contribution in [2.75, 3.05) is 17.2 Å². The van der Waals surface area contributed by atoms with Crippen LogP contribution in [-0.2, 0) is 6.54 Å². The van der Waals surface area contributed by atoms with Crippen molar-refractivity contribution < 1.29 is 9.21 Å². The zero-order chi connectivity index (χ0) is 20.1. The average molecular weight is 388 g/mol. The standard InChI is InChI=1S/C21H20N6O2/c1-2-22-20(28)27-21-26-17-10-15(8-9-18(17)29-21)16-12-24-19(25-13-16)23-11-14-6-4-3-5-7-14/h3-10,12-13H,2,11H2,1H3,(H,23,24,25)(H2,22,26,27,28). The summed E-state index contributed by atoms with van der Waals surface area (Å²) in [5, 5.41) is 8.40. The van der Waals surface area contributed by atoms with Crippen LogP contribution in [0, 0.1) is 0 Å². The highest BCUT2D eigenvalue weighted by Gasteiger charge is 2.10. The zero-order valence-electron chi connectivity index (χ0n) is 15.8. The van der Waals surface area contributed by atoms with E-state index in [-0.39, 0.29) is 12.0 Å². The number of hydrogen-bond acceptors (Lipinski definition) is 6. The number of amides is 2. The first-order valence-corrected chi connectivity index (χ1v) is 9.27. The maximum atomic E-state index is 11.6. The molecule has 2 aromatic carbocycles. The van der Waals surface area contributed by atoms with E-state index >= 15 is 0 Å². The number of anilines is 2. The summed E-state index contributed by atoms with van der Waals surface area (Å²) in [6.07, 6.45) is 3.52. The van der Waals surface area contributed by atoms with Crippen molar-refractivity contribution in [1.29, 1.82) is 0 Å². The number of carbonyl (C=O) groups is 1. The Labute approximate surface area is 167 Å². The Kier molecular flexibility index (Phi) is 5.33. The highest BCUT2D eigenvalue weighted by atomic mass is 16.4. The van der Waals surface area contributed by atoms with E-state index in [4.69, 9.17) is 4.42 Å². The topological polar surface area (TPSA) is 105 Å². The number of nitrogens with zero attached hydrogens (tertiary/aromatic N) is 3. The van der Waals surface area contributed by atoms with Gasteiger partial charge < -0.3 is 15.1 Å². The molecule has 0 radical (unpaired) electrons. The van der Waals surface area contributed by atoms with Gasteiger partial charge in [0, 0.05) is 31.0 Å². The van der Waals surface area contributed by atoms with Crippen molar-refractivity contribution in [3.63, 3.8) is 0 Å². The van der Waals surface area contributed by atoms with E-state index < -0.39 is 0 Å². The van der Waals surface area contributed by atoms with Crippen molar-refractivity contribution in [3.05, 3.63) is 66.5 Å². The molecule has 2 aromatic heterocycles. The van der Waals surface area contributed by atoms with Gasteiger partial charge in [0.1, 0.15) is 5.52 Å². The van der Waals surface area contributed by atoms with E-state index in [0.29, 0.717) is 30.1 Å². The predicted molar refractivity (Wildman–Crippen MR) is 111 cm³/mol. The highest BCUT2D eigenvalue weighted by Crippen LogP contribution is 2.25. The summed E-state index contributed by atoms with van der Waals surface area (Å²) >= 11 is 0. The lowest BCUT2D eigenvalue weighted by atomic mass is 10.1. The molecule has 4 aromatic rings. The van der Waals surface area contributed by atoms with E-state index in [1.165, 1.54) is 0 Å². The number of urea groups is 1. The number of rotatable bonds is 6. The summed E-state index contributed by atoms with van der Waals surface area (Å²) in [6.45, 7) is 3.02. The highest BCUT2D eigenvalue weighted by molar-refractivity contribution is 5.89. The number of benzene rings is 2. The van der Waals surface area contributed by atoms with Crippen LogP contribution in [0.4, 0.5) is 16.8 Å². The van der Waals surface area contributed by atoms with Crippen LogP contribution in [0.1, 0.15) is 12.5 Å². The quantitative estimate of drug-likeness (QED) is 0.460. The summed E-state index contributed by atoms with van der Waals surface area (Å²) in [5.74, 6) is 0.563. The molecule has 0 fully saturated rings. The summed E-state index contributed by atoms with van der Waals surface area (Å²) in [4.78, 5) is 24.7. The SMILES string of the molecule is CCNC(=O)Nc1nc2cc(-c3cnc(NCc4ccccc4)nc3)ccc2o1. The van der Waals surface area contributed by atoms with Crippen LogP contribution < -0.4 is 16.0 Å². The van der Waals surface area contributed by atoms with Crippen LogP contribution in [0.3, 0.4) is 0 Å². The molecule has 0 saturated heterocycles. The number of hydrogen-bond donors (Lipinski definition) is 3. The third-order valence-corrected chi connectivity index (χ3v) is 4.22. The first-order chi connectivity index (χ1) is 14.2. The first kappa shape index (κ1) is 18.4. The molecule has 2 heterocycles. The third kappa shape index (κ3) is 4.49. The Morgan fingerprint density at radius 1 is 1.03 bits per heavy atom. The fourth-order valence-electron chi connectivity index (χ4n) is 2.81. The van der Waals surface area contributed by atoms with Crippen LogP contribution in [0.25, 0.3) is 22.2 Å². The van der Waals surface area contributed by atoms with Gasteiger partial charge in [-0.3, -0.25) is 5.32 Å². The second kappa shape index (κ2) is 8.39. The van der Waals surface area contributed by atoms with Gasteiger partial charge in [0.2, 0.25) is 5.95 Å². The Balaban J connectivity index is 1.46. The Bertz CT molecular complexity index is 1110. The van der Waals surface area contributed by atoms with Gasteiger partial charge in [0.05, 0.1) is 0 Å². The van der Waals surface area contributed by atoms with E-state index in [1.54, 1.807) is 12.4 Å². The second-order valence-corrected chi connectivity index (χ2v) is 6.32. The minimum atomic E-state index is -0.355. The van der Waals surface area contributed by atoms with Crippen LogP contribution in [0.2, 0.25) is 0 Å². The van der Waals surface area contributed by atoms with Gasteiger partial charge in [-0.2, -0.15) is 4.98 Å². The maximum absolute atomic E-state index is 11.6. The monoisotopic (exact) mass is 388 g/mol. The number of oxazole rings is 1. The van der Waals surface area contributed by atoms with E-state index in [1.807, 2.05) is 55.5 Å². The molecule has 4 rings (SSSR count). The molecule has 2 amide bonds. The largest absolute Gasteiger partial charge is 0.423 e. The van der Waals surface area contributed by atoms with Crippen LogP contribution in [-0.4, -0.2) is 27.5 Å². The lowest BCUT2D eigenvalue weighted by molar-refractivity contribution is 0.252. The lowest BCUT2D eigenvalue weighted by Crippen LogP contribution is -2.28. The molecule has 8 heteroatoms. The predicted octanol–water partition coefficient (Wildman–Crippen LogP) is 4.04. The molecule has 0 spiro atoms. The molecule has 3 N–H and O–H groups in total. The Morgan fingerprint density at radius 3 is 2.59 bits per heavy atom. The van der Waals surface area contributed by atoms with Gasteiger partial charge in [-0.15, -0.1) is 0 Å². The molecule has 0 saturated carbocycles. The summed E-state index contributed by atoms with van der Waals surface area (Å²) in [6, 6.07) is 15.5. The van der Waals surface area contributed by atoms with Gasteiger partial charge in [0.15, 0.2) is 5.58 Å². The minimum Gasteiger partial charge on any atom is -0.423 e. The molecule has 0 aliphatic heterocycles. The van der Waals surface area contributed by atoms with Crippen molar-refractivity contribution in [2.45, 2.75) is 13.5 Å². The van der Waals surface area contributed by atoms with Gasteiger partial charge in [-0.1, -0.05) is 36.4 Å². The van der Waals surface area contributed by atoms with Gasteiger partial charge >= 0.3 is 12.0 Å². The minimum absolute atomic E-state index is 0.153. The molecular weight excluding hydrogens is 368 g/mol. The van der Waals surface area contributed by atoms with Crippen molar-refractivity contribution in [3.8, 4) is 11.1 Å². The van der Waals surface area contributed by atoms with Crippen molar-refractivity contribution in [2.24, 2.45) is 0 Å². The molecule has 146 valence electrons.